The van der Waals surface area contributed by atoms with Gasteiger partial charge in [-0.3, -0.25) is 4.79 Å². The van der Waals surface area contributed by atoms with Crippen LogP contribution < -0.4 is 4.90 Å². The van der Waals surface area contributed by atoms with Gasteiger partial charge in [-0.2, -0.15) is 0 Å². The predicted molar refractivity (Wildman–Crippen MR) is 66.6 cm³/mol. The Kier molecular flexibility index (Phi) is 3.84. The molecular formula is C12H11ClN2O3. The molecule has 1 heterocycles. The van der Waals surface area contributed by atoms with Gasteiger partial charge in [0.1, 0.15) is 12.8 Å². The first kappa shape index (κ1) is 12.4. The Morgan fingerprint density at radius 1 is 1.39 bits per heavy atom. The summed E-state index contributed by atoms with van der Waals surface area (Å²) in [6.07, 6.45) is 3.05. The van der Waals surface area contributed by atoms with E-state index < -0.39 is 5.97 Å². The van der Waals surface area contributed by atoms with E-state index in [4.69, 9.17) is 21.2 Å². The number of carboxylic acid groups (broad SMARTS) is 1. The molecule has 2 rings (SSSR count). The second-order valence-electron chi connectivity index (χ2n) is 3.76. The SMILES string of the molecule is O=C(O)CN(Cc1cnoc1)c1ccc(Cl)cc1. The summed E-state index contributed by atoms with van der Waals surface area (Å²) in [7, 11) is 0. The first-order valence-electron chi connectivity index (χ1n) is 5.26. The lowest BCUT2D eigenvalue weighted by molar-refractivity contribution is -0.135. The van der Waals surface area contributed by atoms with Crippen LogP contribution in [-0.4, -0.2) is 22.8 Å². The zero-order valence-electron chi connectivity index (χ0n) is 9.41. The van der Waals surface area contributed by atoms with E-state index in [1.807, 2.05) is 0 Å². The molecule has 1 aromatic carbocycles. The summed E-state index contributed by atoms with van der Waals surface area (Å²) in [4.78, 5) is 12.6. The highest BCUT2D eigenvalue weighted by atomic mass is 35.5. The second-order valence-corrected chi connectivity index (χ2v) is 4.20. The van der Waals surface area contributed by atoms with Gasteiger partial charge in [-0.15, -0.1) is 0 Å². The molecule has 0 aliphatic heterocycles. The van der Waals surface area contributed by atoms with E-state index in [0.29, 0.717) is 11.6 Å². The van der Waals surface area contributed by atoms with Gasteiger partial charge in [-0.1, -0.05) is 16.8 Å². The third kappa shape index (κ3) is 3.24. The van der Waals surface area contributed by atoms with Gasteiger partial charge in [0.25, 0.3) is 0 Å². The van der Waals surface area contributed by atoms with Crippen LogP contribution in [0.15, 0.2) is 41.2 Å². The Balaban J connectivity index is 2.19. The van der Waals surface area contributed by atoms with Crippen LogP contribution in [0, 0.1) is 0 Å². The second kappa shape index (κ2) is 5.55. The van der Waals surface area contributed by atoms with Gasteiger partial charge in [-0.25, -0.2) is 0 Å². The lowest BCUT2D eigenvalue weighted by atomic mass is 10.2. The van der Waals surface area contributed by atoms with Gasteiger partial charge in [-0.05, 0) is 24.3 Å². The van der Waals surface area contributed by atoms with Crippen molar-refractivity contribution in [3.05, 3.63) is 47.3 Å². The van der Waals surface area contributed by atoms with Crippen molar-refractivity contribution in [3.63, 3.8) is 0 Å². The number of nitrogens with zero attached hydrogens (tertiary/aromatic N) is 2. The molecule has 94 valence electrons. The maximum atomic E-state index is 10.9. The molecule has 0 radical (unpaired) electrons. The fraction of sp³-hybridized carbons (Fsp3) is 0.167. The van der Waals surface area contributed by atoms with Gasteiger partial charge in [0.2, 0.25) is 0 Å². The van der Waals surface area contributed by atoms with E-state index in [1.165, 1.54) is 6.26 Å². The first-order valence-corrected chi connectivity index (χ1v) is 5.63. The number of aliphatic carboxylic acids is 1. The van der Waals surface area contributed by atoms with Crippen LogP contribution >= 0.6 is 11.6 Å². The maximum absolute atomic E-state index is 10.9. The fourth-order valence-electron chi connectivity index (χ4n) is 1.58. The standard InChI is InChI=1S/C12H11ClN2O3/c13-10-1-3-11(4-2-10)15(7-12(16)17)6-9-5-14-18-8-9/h1-5,8H,6-7H2,(H,16,17). The van der Waals surface area contributed by atoms with Crippen molar-refractivity contribution in [3.8, 4) is 0 Å². The molecule has 0 amide bonds. The Hall–Kier alpha value is -2.01. The lowest BCUT2D eigenvalue weighted by Gasteiger charge is -2.21. The minimum atomic E-state index is -0.901. The van der Waals surface area contributed by atoms with Gasteiger partial charge in [0.05, 0.1) is 6.20 Å². The summed E-state index contributed by atoms with van der Waals surface area (Å²) in [5.74, 6) is -0.901. The summed E-state index contributed by atoms with van der Waals surface area (Å²) in [6, 6.07) is 7.00. The molecular weight excluding hydrogens is 256 g/mol. The van der Waals surface area contributed by atoms with Crippen molar-refractivity contribution < 1.29 is 14.4 Å². The normalized spacial score (nSPS) is 10.3. The molecule has 0 aliphatic rings. The number of aromatic nitrogens is 1. The minimum absolute atomic E-state index is 0.104. The third-order valence-electron chi connectivity index (χ3n) is 2.37. The molecule has 0 saturated heterocycles. The van der Waals surface area contributed by atoms with Gasteiger partial charge < -0.3 is 14.5 Å². The number of benzene rings is 1. The molecule has 0 bridgehead atoms. The molecule has 18 heavy (non-hydrogen) atoms. The molecule has 0 saturated carbocycles. The molecule has 0 spiro atoms. The summed E-state index contributed by atoms with van der Waals surface area (Å²) in [6.45, 7) is 0.310. The van der Waals surface area contributed by atoms with Crippen LogP contribution in [-0.2, 0) is 11.3 Å². The Labute approximate surface area is 109 Å². The van der Waals surface area contributed by atoms with E-state index in [1.54, 1.807) is 35.4 Å². The number of rotatable bonds is 5. The van der Waals surface area contributed by atoms with Crippen LogP contribution in [0.3, 0.4) is 0 Å². The number of anilines is 1. The quantitative estimate of drug-likeness (QED) is 0.900. The summed E-state index contributed by atoms with van der Waals surface area (Å²) >= 11 is 5.80. The van der Waals surface area contributed by atoms with E-state index in [-0.39, 0.29) is 6.54 Å². The van der Waals surface area contributed by atoms with Crippen molar-refractivity contribution in [2.24, 2.45) is 0 Å². The molecule has 5 nitrogen and oxygen atoms in total. The van der Waals surface area contributed by atoms with E-state index in [2.05, 4.69) is 5.16 Å². The lowest BCUT2D eigenvalue weighted by Crippen LogP contribution is -2.28. The highest BCUT2D eigenvalue weighted by Crippen LogP contribution is 2.19. The average Bonchev–Trinajstić information content (AvgIpc) is 2.81. The highest BCUT2D eigenvalue weighted by Gasteiger charge is 2.12. The number of halogens is 1. The average molecular weight is 267 g/mol. The summed E-state index contributed by atoms with van der Waals surface area (Å²) in [5, 5.41) is 13.1. The maximum Gasteiger partial charge on any atom is 0.323 e. The highest BCUT2D eigenvalue weighted by molar-refractivity contribution is 6.30. The predicted octanol–water partition coefficient (Wildman–Crippen LogP) is 2.42. The molecule has 0 fully saturated rings. The monoisotopic (exact) mass is 266 g/mol. The molecule has 6 heteroatoms. The van der Waals surface area contributed by atoms with Crippen LogP contribution in [0.25, 0.3) is 0 Å². The van der Waals surface area contributed by atoms with Crippen LogP contribution in [0.2, 0.25) is 5.02 Å². The van der Waals surface area contributed by atoms with Crippen LogP contribution in [0.4, 0.5) is 5.69 Å². The zero-order valence-corrected chi connectivity index (χ0v) is 10.2. The molecule has 0 aliphatic carbocycles. The Morgan fingerprint density at radius 3 is 2.67 bits per heavy atom. The first-order chi connectivity index (χ1) is 8.65. The van der Waals surface area contributed by atoms with E-state index in [0.717, 1.165) is 11.3 Å². The Morgan fingerprint density at radius 2 is 2.11 bits per heavy atom. The summed E-state index contributed by atoms with van der Waals surface area (Å²) < 4.78 is 4.73. The van der Waals surface area contributed by atoms with Crippen LogP contribution in [0.1, 0.15) is 5.56 Å². The van der Waals surface area contributed by atoms with Crippen molar-refractivity contribution in [2.75, 3.05) is 11.4 Å². The summed E-state index contributed by atoms with van der Waals surface area (Å²) in [5.41, 5.74) is 1.59. The van der Waals surface area contributed by atoms with Gasteiger partial charge >= 0.3 is 5.97 Å². The van der Waals surface area contributed by atoms with E-state index >= 15 is 0 Å². The molecule has 1 aromatic heterocycles. The molecule has 2 aromatic rings. The number of hydrogen-bond donors (Lipinski definition) is 1. The van der Waals surface area contributed by atoms with Crippen molar-refractivity contribution in [1.82, 2.24) is 5.16 Å². The van der Waals surface area contributed by atoms with Crippen LogP contribution in [0.5, 0.6) is 0 Å². The number of carbonyl (C=O) groups is 1. The van der Waals surface area contributed by atoms with Crippen molar-refractivity contribution in [1.29, 1.82) is 0 Å². The fourth-order valence-corrected chi connectivity index (χ4v) is 1.70. The largest absolute Gasteiger partial charge is 0.480 e. The van der Waals surface area contributed by atoms with E-state index in [9.17, 15) is 4.79 Å². The molecule has 0 unspecified atom stereocenters. The number of hydrogen-bond acceptors (Lipinski definition) is 4. The van der Waals surface area contributed by atoms with Gasteiger partial charge in [0.15, 0.2) is 0 Å². The number of carboxylic acids is 1. The topological polar surface area (TPSA) is 66.6 Å². The Bertz CT molecular complexity index is 511. The molecule has 0 atom stereocenters. The molecule has 1 N–H and O–H groups in total. The smallest absolute Gasteiger partial charge is 0.323 e. The van der Waals surface area contributed by atoms with Crippen molar-refractivity contribution >= 4 is 23.3 Å². The third-order valence-corrected chi connectivity index (χ3v) is 2.63. The minimum Gasteiger partial charge on any atom is -0.480 e. The van der Waals surface area contributed by atoms with Gasteiger partial charge in [0, 0.05) is 22.8 Å². The van der Waals surface area contributed by atoms with Crippen molar-refractivity contribution in [2.45, 2.75) is 6.54 Å². The zero-order chi connectivity index (χ0) is 13.0.